The Balaban J connectivity index is 1.98. The van der Waals surface area contributed by atoms with Crippen molar-refractivity contribution in [3.05, 3.63) is 17.8 Å². The summed E-state index contributed by atoms with van der Waals surface area (Å²) in [6.07, 6.45) is 1.86. The molecule has 1 aromatic heterocycles. The van der Waals surface area contributed by atoms with Crippen molar-refractivity contribution in [3.63, 3.8) is 0 Å². The smallest absolute Gasteiger partial charge is 0.208 e. The van der Waals surface area contributed by atoms with Crippen LogP contribution in [0.2, 0.25) is 0 Å². The lowest BCUT2D eigenvalue weighted by Crippen LogP contribution is -2.53. The lowest BCUT2D eigenvalue weighted by Gasteiger charge is -2.42. The number of nitrogens with zero attached hydrogens (tertiary/aromatic N) is 2. The summed E-state index contributed by atoms with van der Waals surface area (Å²) in [5.74, 6) is 1.62. The zero-order valence-corrected chi connectivity index (χ0v) is 11.6. The number of hydrogen-bond acceptors (Lipinski definition) is 5. The molecule has 5 heteroatoms. The van der Waals surface area contributed by atoms with Gasteiger partial charge in [-0.05, 0) is 20.8 Å². The molecule has 1 aliphatic heterocycles. The third-order valence-electron chi connectivity index (χ3n) is 2.93. The fourth-order valence-electron chi connectivity index (χ4n) is 2.48. The molecule has 1 aliphatic rings. The zero-order chi connectivity index (χ0) is 13.2. The van der Waals surface area contributed by atoms with E-state index in [1.165, 1.54) is 0 Å². The minimum atomic E-state index is -0.164. The standard InChI is InChI=1S/C13H22N2O3/c1-10-5-14-12(17-10)7-15-6-11(8-16-4)18-13(2,3)9-15/h5,11H,6-9H2,1-4H3/t11-/m0/s1. The topological polar surface area (TPSA) is 47.7 Å². The van der Waals surface area contributed by atoms with Crippen LogP contribution in [0.3, 0.4) is 0 Å². The SMILES string of the molecule is COC[C@@H]1CN(Cc2ncc(C)o2)CC(C)(C)O1. The van der Waals surface area contributed by atoms with Crippen molar-refractivity contribution in [2.45, 2.75) is 39.0 Å². The summed E-state index contributed by atoms with van der Waals surface area (Å²) in [6.45, 7) is 9.16. The highest BCUT2D eigenvalue weighted by molar-refractivity contribution is 4.92. The predicted octanol–water partition coefficient (Wildman–Crippen LogP) is 1.61. The van der Waals surface area contributed by atoms with Gasteiger partial charge >= 0.3 is 0 Å². The molecule has 5 nitrogen and oxygen atoms in total. The molecule has 0 N–H and O–H groups in total. The Morgan fingerprint density at radius 1 is 1.56 bits per heavy atom. The first-order chi connectivity index (χ1) is 8.48. The molecule has 0 spiro atoms. The van der Waals surface area contributed by atoms with Crippen molar-refractivity contribution in [1.82, 2.24) is 9.88 Å². The van der Waals surface area contributed by atoms with E-state index in [9.17, 15) is 0 Å². The quantitative estimate of drug-likeness (QED) is 0.817. The average molecular weight is 254 g/mol. The lowest BCUT2D eigenvalue weighted by atomic mass is 10.1. The molecule has 2 rings (SSSR count). The Bertz CT molecular complexity index is 389. The van der Waals surface area contributed by atoms with E-state index in [1.807, 2.05) is 6.92 Å². The molecule has 1 aromatic rings. The number of ether oxygens (including phenoxy) is 2. The van der Waals surface area contributed by atoms with Crippen LogP contribution in [0.4, 0.5) is 0 Å². The van der Waals surface area contributed by atoms with Crippen LogP contribution in [0.25, 0.3) is 0 Å². The molecule has 102 valence electrons. The number of methoxy groups -OCH3 is 1. The van der Waals surface area contributed by atoms with E-state index in [2.05, 4.69) is 23.7 Å². The Hall–Kier alpha value is -0.910. The van der Waals surface area contributed by atoms with Crippen LogP contribution < -0.4 is 0 Å². The fraction of sp³-hybridized carbons (Fsp3) is 0.769. The van der Waals surface area contributed by atoms with Crippen LogP contribution in [-0.2, 0) is 16.0 Å². The maximum atomic E-state index is 5.97. The average Bonchev–Trinajstić information content (AvgIpc) is 2.61. The zero-order valence-electron chi connectivity index (χ0n) is 11.6. The third-order valence-corrected chi connectivity index (χ3v) is 2.93. The van der Waals surface area contributed by atoms with Crippen molar-refractivity contribution in [3.8, 4) is 0 Å². The molecule has 1 saturated heterocycles. The van der Waals surface area contributed by atoms with Crippen LogP contribution in [0.1, 0.15) is 25.5 Å². The van der Waals surface area contributed by atoms with E-state index in [0.29, 0.717) is 6.61 Å². The molecular weight excluding hydrogens is 232 g/mol. The number of hydrogen-bond donors (Lipinski definition) is 0. The van der Waals surface area contributed by atoms with Crippen LogP contribution in [0.15, 0.2) is 10.6 Å². The summed E-state index contributed by atoms with van der Waals surface area (Å²) < 4.78 is 16.7. The van der Waals surface area contributed by atoms with Crippen molar-refractivity contribution in [2.75, 3.05) is 26.8 Å². The number of aryl methyl sites for hydroxylation is 1. The summed E-state index contributed by atoms with van der Waals surface area (Å²) in [5.41, 5.74) is -0.164. The molecule has 1 fully saturated rings. The van der Waals surface area contributed by atoms with Gasteiger partial charge in [-0.15, -0.1) is 0 Å². The molecule has 0 saturated carbocycles. The third kappa shape index (κ3) is 3.54. The van der Waals surface area contributed by atoms with Gasteiger partial charge < -0.3 is 13.9 Å². The maximum Gasteiger partial charge on any atom is 0.208 e. The van der Waals surface area contributed by atoms with Crippen LogP contribution >= 0.6 is 0 Å². The van der Waals surface area contributed by atoms with Crippen LogP contribution in [0.5, 0.6) is 0 Å². The second-order valence-electron chi connectivity index (χ2n) is 5.49. The number of aromatic nitrogens is 1. The van der Waals surface area contributed by atoms with Crippen LogP contribution in [0, 0.1) is 6.92 Å². The predicted molar refractivity (Wildman–Crippen MR) is 67.3 cm³/mol. The summed E-state index contributed by atoms with van der Waals surface area (Å²) in [5, 5.41) is 0. The molecule has 0 radical (unpaired) electrons. The molecule has 0 bridgehead atoms. The molecule has 2 heterocycles. The first kappa shape index (κ1) is 13.5. The van der Waals surface area contributed by atoms with Gasteiger partial charge in [-0.1, -0.05) is 0 Å². The Morgan fingerprint density at radius 2 is 2.33 bits per heavy atom. The number of oxazole rings is 1. The van der Waals surface area contributed by atoms with Gasteiger partial charge in [0.25, 0.3) is 0 Å². The Kier molecular flexibility index (Phi) is 4.04. The van der Waals surface area contributed by atoms with E-state index in [4.69, 9.17) is 13.9 Å². The molecule has 1 atom stereocenters. The summed E-state index contributed by atoms with van der Waals surface area (Å²) in [4.78, 5) is 6.55. The van der Waals surface area contributed by atoms with Gasteiger partial charge in [0.15, 0.2) is 0 Å². The highest BCUT2D eigenvalue weighted by atomic mass is 16.5. The largest absolute Gasteiger partial charge is 0.445 e. The first-order valence-corrected chi connectivity index (χ1v) is 6.29. The highest BCUT2D eigenvalue weighted by Gasteiger charge is 2.33. The lowest BCUT2D eigenvalue weighted by molar-refractivity contribution is -0.155. The number of rotatable bonds is 4. The van der Waals surface area contributed by atoms with Gasteiger partial charge in [-0.3, -0.25) is 4.90 Å². The summed E-state index contributed by atoms with van der Waals surface area (Å²) in [6, 6.07) is 0. The van der Waals surface area contributed by atoms with Crippen molar-refractivity contribution >= 4 is 0 Å². The Morgan fingerprint density at radius 3 is 2.94 bits per heavy atom. The second-order valence-corrected chi connectivity index (χ2v) is 5.49. The molecule has 0 amide bonds. The van der Waals surface area contributed by atoms with Gasteiger partial charge in [0, 0.05) is 20.2 Å². The van der Waals surface area contributed by atoms with Gasteiger partial charge in [0.05, 0.1) is 31.1 Å². The molecule has 0 aliphatic carbocycles. The van der Waals surface area contributed by atoms with E-state index >= 15 is 0 Å². The van der Waals surface area contributed by atoms with Gasteiger partial charge in [-0.25, -0.2) is 4.98 Å². The monoisotopic (exact) mass is 254 g/mol. The fourth-order valence-corrected chi connectivity index (χ4v) is 2.48. The second kappa shape index (κ2) is 5.38. The van der Waals surface area contributed by atoms with E-state index in [1.54, 1.807) is 13.3 Å². The van der Waals surface area contributed by atoms with E-state index in [0.717, 1.165) is 31.3 Å². The molecule has 0 unspecified atom stereocenters. The van der Waals surface area contributed by atoms with Gasteiger partial charge in [0.1, 0.15) is 5.76 Å². The van der Waals surface area contributed by atoms with Crippen molar-refractivity contribution < 1.29 is 13.9 Å². The molecule has 18 heavy (non-hydrogen) atoms. The van der Waals surface area contributed by atoms with E-state index < -0.39 is 0 Å². The first-order valence-electron chi connectivity index (χ1n) is 6.29. The molecular formula is C13H22N2O3. The highest BCUT2D eigenvalue weighted by Crippen LogP contribution is 2.22. The van der Waals surface area contributed by atoms with Gasteiger partial charge in [-0.2, -0.15) is 0 Å². The number of morpholine rings is 1. The van der Waals surface area contributed by atoms with Crippen molar-refractivity contribution in [1.29, 1.82) is 0 Å². The summed E-state index contributed by atoms with van der Waals surface area (Å²) in [7, 11) is 1.70. The minimum absolute atomic E-state index is 0.106. The van der Waals surface area contributed by atoms with Gasteiger partial charge in [0.2, 0.25) is 5.89 Å². The molecule has 0 aromatic carbocycles. The Labute approximate surface area is 108 Å². The van der Waals surface area contributed by atoms with E-state index in [-0.39, 0.29) is 11.7 Å². The normalized spacial score (nSPS) is 24.3. The van der Waals surface area contributed by atoms with Crippen molar-refractivity contribution in [2.24, 2.45) is 0 Å². The minimum Gasteiger partial charge on any atom is -0.445 e. The maximum absolute atomic E-state index is 5.97. The van der Waals surface area contributed by atoms with Crippen LogP contribution in [-0.4, -0.2) is 48.4 Å². The summed E-state index contributed by atoms with van der Waals surface area (Å²) >= 11 is 0.